The van der Waals surface area contributed by atoms with E-state index in [1.165, 1.54) is 0 Å². The summed E-state index contributed by atoms with van der Waals surface area (Å²) in [6.45, 7) is 7.72. The SMILES string of the molecule is Cc1cc(Br)ccc1NC(=O)CNC(=O)c1nc(C)n(-c2ccccc2C(C)C)n1. The molecule has 3 aromatic rings. The van der Waals surface area contributed by atoms with Gasteiger partial charge in [0.15, 0.2) is 0 Å². The van der Waals surface area contributed by atoms with Gasteiger partial charge in [-0.3, -0.25) is 9.59 Å². The molecule has 1 aromatic heterocycles. The molecule has 3 rings (SSSR count). The molecule has 0 bridgehead atoms. The van der Waals surface area contributed by atoms with Crippen LogP contribution in [0.2, 0.25) is 0 Å². The number of carbonyl (C=O) groups excluding carboxylic acids is 2. The van der Waals surface area contributed by atoms with Gasteiger partial charge in [0.1, 0.15) is 5.82 Å². The van der Waals surface area contributed by atoms with E-state index in [2.05, 4.69) is 50.5 Å². The number of hydrogen-bond donors (Lipinski definition) is 2. The zero-order valence-electron chi connectivity index (χ0n) is 17.4. The number of anilines is 1. The number of aromatic nitrogens is 3. The van der Waals surface area contributed by atoms with Gasteiger partial charge in [-0.15, -0.1) is 5.10 Å². The Morgan fingerprint density at radius 3 is 2.57 bits per heavy atom. The van der Waals surface area contributed by atoms with Crippen LogP contribution in [0.4, 0.5) is 5.69 Å². The molecule has 0 spiro atoms. The van der Waals surface area contributed by atoms with E-state index in [1.54, 1.807) is 17.7 Å². The van der Waals surface area contributed by atoms with Crippen molar-refractivity contribution in [2.45, 2.75) is 33.6 Å². The number of nitrogens with zero attached hydrogens (tertiary/aromatic N) is 3. The Morgan fingerprint density at radius 1 is 1.13 bits per heavy atom. The first kappa shape index (κ1) is 21.7. The van der Waals surface area contributed by atoms with Crippen LogP contribution in [0.5, 0.6) is 0 Å². The lowest BCUT2D eigenvalue weighted by Gasteiger charge is -2.12. The number of para-hydroxylation sites is 1. The first-order chi connectivity index (χ1) is 14.3. The third-order valence-electron chi connectivity index (χ3n) is 4.63. The van der Waals surface area contributed by atoms with Crippen molar-refractivity contribution in [3.05, 3.63) is 69.7 Å². The molecule has 7 nitrogen and oxygen atoms in total. The van der Waals surface area contributed by atoms with Crippen molar-refractivity contribution in [3.8, 4) is 5.69 Å². The Labute approximate surface area is 184 Å². The van der Waals surface area contributed by atoms with E-state index in [1.807, 2.05) is 43.3 Å². The maximum Gasteiger partial charge on any atom is 0.291 e. The summed E-state index contributed by atoms with van der Waals surface area (Å²) in [5.41, 5.74) is 3.62. The highest BCUT2D eigenvalue weighted by atomic mass is 79.9. The fourth-order valence-electron chi connectivity index (χ4n) is 3.08. The maximum atomic E-state index is 12.5. The lowest BCUT2D eigenvalue weighted by Crippen LogP contribution is -2.33. The predicted octanol–water partition coefficient (Wildman–Crippen LogP) is 4.14. The van der Waals surface area contributed by atoms with Crippen LogP contribution < -0.4 is 10.6 Å². The molecule has 30 heavy (non-hydrogen) atoms. The van der Waals surface area contributed by atoms with E-state index in [0.717, 1.165) is 21.3 Å². The summed E-state index contributed by atoms with van der Waals surface area (Å²) >= 11 is 3.39. The Kier molecular flexibility index (Phi) is 6.66. The van der Waals surface area contributed by atoms with Crippen LogP contribution in [0.25, 0.3) is 5.69 Å². The van der Waals surface area contributed by atoms with Crippen LogP contribution >= 0.6 is 15.9 Å². The van der Waals surface area contributed by atoms with Crippen molar-refractivity contribution in [1.29, 1.82) is 0 Å². The minimum atomic E-state index is -0.499. The van der Waals surface area contributed by atoms with Crippen molar-refractivity contribution in [2.75, 3.05) is 11.9 Å². The van der Waals surface area contributed by atoms with Crippen molar-refractivity contribution in [3.63, 3.8) is 0 Å². The van der Waals surface area contributed by atoms with Gasteiger partial charge >= 0.3 is 0 Å². The third-order valence-corrected chi connectivity index (χ3v) is 5.12. The van der Waals surface area contributed by atoms with Crippen molar-refractivity contribution in [1.82, 2.24) is 20.1 Å². The Balaban J connectivity index is 1.68. The van der Waals surface area contributed by atoms with E-state index in [0.29, 0.717) is 17.4 Å². The molecule has 0 saturated heterocycles. The molecule has 156 valence electrons. The fraction of sp³-hybridized carbons (Fsp3) is 0.273. The predicted molar refractivity (Wildman–Crippen MR) is 120 cm³/mol. The number of benzene rings is 2. The molecule has 0 aliphatic heterocycles. The van der Waals surface area contributed by atoms with Gasteiger partial charge in [0.05, 0.1) is 12.2 Å². The number of hydrogen-bond acceptors (Lipinski definition) is 4. The standard InChI is InChI=1S/C22H24BrN5O2/c1-13(2)17-7-5-6-8-19(17)28-15(4)25-21(27-28)22(30)24-12-20(29)26-18-10-9-16(23)11-14(18)3/h5-11,13H,12H2,1-4H3,(H,24,30)(H,26,29). The largest absolute Gasteiger partial charge is 0.340 e. The van der Waals surface area contributed by atoms with Crippen LogP contribution in [0.1, 0.15) is 47.3 Å². The molecule has 0 fully saturated rings. The van der Waals surface area contributed by atoms with Gasteiger partial charge in [0, 0.05) is 10.2 Å². The van der Waals surface area contributed by atoms with Gasteiger partial charge in [0.2, 0.25) is 11.7 Å². The van der Waals surface area contributed by atoms with Gasteiger partial charge in [-0.1, -0.05) is 48.0 Å². The number of halogens is 1. The van der Waals surface area contributed by atoms with Crippen molar-refractivity contribution >= 4 is 33.4 Å². The van der Waals surface area contributed by atoms with Crippen molar-refractivity contribution in [2.24, 2.45) is 0 Å². The molecule has 0 unspecified atom stereocenters. The van der Waals surface area contributed by atoms with Gasteiger partial charge in [-0.2, -0.15) is 0 Å². The smallest absolute Gasteiger partial charge is 0.291 e. The summed E-state index contributed by atoms with van der Waals surface area (Å²) in [7, 11) is 0. The van der Waals surface area contributed by atoms with Gasteiger partial charge in [-0.05, 0) is 55.2 Å². The Bertz CT molecular complexity index is 1090. The third kappa shape index (κ3) is 4.94. The average Bonchev–Trinajstić information content (AvgIpc) is 3.10. The Hall–Kier alpha value is -3.00. The molecular weight excluding hydrogens is 446 g/mol. The van der Waals surface area contributed by atoms with Crippen LogP contribution in [-0.4, -0.2) is 33.1 Å². The normalized spacial score (nSPS) is 10.9. The number of aryl methyl sites for hydroxylation is 2. The maximum absolute atomic E-state index is 12.5. The molecule has 2 amide bonds. The molecular formula is C22H24BrN5O2. The molecule has 0 radical (unpaired) electrons. The second-order valence-corrected chi connectivity index (χ2v) is 8.21. The summed E-state index contributed by atoms with van der Waals surface area (Å²) in [5, 5.41) is 9.73. The molecule has 0 aliphatic carbocycles. The van der Waals surface area contributed by atoms with Gasteiger partial charge < -0.3 is 10.6 Å². The van der Waals surface area contributed by atoms with E-state index in [-0.39, 0.29) is 18.3 Å². The summed E-state index contributed by atoms with van der Waals surface area (Å²) in [5.74, 6) is 0.103. The lowest BCUT2D eigenvalue weighted by molar-refractivity contribution is -0.115. The highest BCUT2D eigenvalue weighted by Crippen LogP contribution is 2.23. The molecule has 8 heteroatoms. The molecule has 0 atom stereocenters. The number of amides is 2. The van der Waals surface area contributed by atoms with Crippen LogP contribution in [0.15, 0.2) is 46.9 Å². The summed E-state index contributed by atoms with van der Waals surface area (Å²) in [4.78, 5) is 29.0. The van der Waals surface area contributed by atoms with Crippen LogP contribution in [0.3, 0.4) is 0 Å². The van der Waals surface area contributed by atoms with E-state index in [9.17, 15) is 9.59 Å². The van der Waals surface area contributed by atoms with Crippen LogP contribution in [-0.2, 0) is 4.79 Å². The summed E-state index contributed by atoms with van der Waals surface area (Å²) < 4.78 is 2.59. The molecule has 0 saturated carbocycles. The lowest BCUT2D eigenvalue weighted by atomic mass is 10.0. The first-order valence-electron chi connectivity index (χ1n) is 9.63. The number of rotatable bonds is 6. The summed E-state index contributed by atoms with van der Waals surface area (Å²) in [6, 6.07) is 13.4. The van der Waals surface area contributed by atoms with E-state index in [4.69, 9.17) is 0 Å². The van der Waals surface area contributed by atoms with Gasteiger partial charge in [-0.25, -0.2) is 9.67 Å². The van der Waals surface area contributed by atoms with E-state index < -0.39 is 5.91 Å². The molecule has 1 heterocycles. The minimum Gasteiger partial charge on any atom is -0.340 e. The van der Waals surface area contributed by atoms with Crippen LogP contribution in [0, 0.1) is 13.8 Å². The second-order valence-electron chi connectivity index (χ2n) is 7.30. The highest BCUT2D eigenvalue weighted by Gasteiger charge is 2.18. The van der Waals surface area contributed by atoms with Crippen molar-refractivity contribution < 1.29 is 9.59 Å². The van der Waals surface area contributed by atoms with E-state index >= 15 is 0 Å². The zero-order valence-corrected chi connectivity index (χ0v) is 18.9. The highest BCUT2D eigenvalue weighted by molar-refractivity contribution is 9.10. The quantitative estimate of drug-likeness (QED) is 0.567. The second kappa shape index (κ2) is 9.21. The first-order valence-corrected chi connectivity index (χ1v) is 10.4. The minimum absolute atomic E-state index is 0.0266. The topological polar surface area (TPSA) is 88.9 Å². The number of nitrogens with one attached hydrogen (secondary N) is 2. The molecule has 2 N–H and O–H groups in total. The summed E-state index contributed by atoms with van der Waals surface area (Å²) in [6.07, 6.45) is 0. The fourth-order valence-corrected chi connectivity index (χ4v) is 3.56. The number of carbonyl (C=O) groups is 2. The molecule has 2 aromatic carbocycles. The Morgan fingerprint density at radius 2 is 1.87 bits per heavy atom. The average molecular weight is 470 g/mol. The zero-order chi connectivity index (χ0) is 21.8. The monoisotopic (exact) mass is 469 g/mol. The van der Waals surface area contributed by atoms with Gasteiger partial charge in [0.25, 0.3) is 5.91 Å². The molecule has 0 aliphatic rings.